The lowest BCUT2D eigenvalue weighted by atomic mass is 9.80. The lowest BCUT2D eigenvalue weighted by Crippen LogP contribution is -2.64. The predicted molar refractivity (Wildman–Crippen MR) is 174 cm³/mol. The topological polar surface area (TPSA) is 221 Å². The molecule has 0 spiro atoms. The molecule has 0 saturated carbocycles. The molecule has 2 aromatic carbocycles. The van der Waals surface area contributed by atoms with Crippen molar-refractivity contribution >= 4 is 33.8 Å². The van der Waals surface area contributed by atoms with E-state index in [4.69, 9.17) is 35.6 Å². The molecule has 0 fully saturated rings. The molecule has 15 heteroatoms. The molecule has 14 nitrogen and oxygen atoms in total. The molecule has 2 heterocycles. The lowest BCUT2D eigenvalue weighted by molar-refractivity contribution is -0.156. The summed E-state index contributed by atoms with van der Waals surface area (Å²) in [6.45, 7) is 5.27. The number of likely N-dealkylation sites (N-methyl/N-ethyl adjacent to an activating group) is 1. The number of benzene rings is 2. The Hall–Kier alpha value is -4.15. The second-order valence-corrected chi connectivity index (χ2v) is 13.1. The molecule has 4 rings (SSSR count). The van der Waals surface area contributed by atoms with E-state index < -0.39 is 39.5 Å². The number of sulfonamides is 1. The number of ether oxygens (including phenoxy) is 2. The number of nitrogens with zero attached hydrogens (tertiary/aromatic N) is 1. The molecule has 0 unspecified atom stereocenters. The lowest BCUT2D eigenvalue weighted by Gasteiger charge is -2.35. The Kier molecular flexibility index (Phi) is 12.8. The zero-order valence-corrected chi connectivity index (χ0v) is 27.7. The molecule has 47 heavy (non-hydrogen) atoms. The van der Waals surface area contributed by atoms with E-state index in [0.717, 1.165) is 29.7 Å². The van der Waals surface area contributed by atoms with Crippen LogP contribution >= 0.6 is 0 Å². The molecule has 0 radical (unpaired) electrons. The minimum atomic E-state index is -4.07. The number of amidine groups is 1. The molecule has 0 bridgehead atoms. The molecule has 256 valence electrons. The van der Waals surface area contributed by atoms with Crippen LogP contribution in [0, 0.1) is 5.41 Å². The van der Waals surface area contributed by atoms with Gasteiger partial charge in [0.2, 0.25) is 0 Å². The quantitative estimate of drug-likeness (QED) is 0.0664. The van der Waals surface area contributed by atoms with E-state index in [1.807, 2.05) is 26.1 Å². The van der Waals surface area contributed by atoms with Crippen LogP contribution in [-0.2, 0) is 41.9 Å². The number of Topliss-reactive ketones (excluding diaryl/α,β-unsaturated/α-hetero) is 1. The Labute approximate surface area is 274 Å². The number of hydrogen-bond acceptors (Lipinski definition) is 11. The second-order valence-electron chi connectivity index (χ2n) is 11.4. The Bertz CT molecular complexity index is 1620. The first-order chi connectivity index (χ1) is 22.1. The van der Waals surface area contributed by atoms with Gasteiger partial charge in [-0.15, -0.1) is 0 Å². The highest BCUT2D eigenvalue weighted by molar-refractivity contribution is 7.90. The number of carbonyl (C=O) groups is 3. The maximum atomic E-state index is 13.6. The number of ketones is 1. The SMILES string of the molecule is CCOC(=O)[C@]1(C(=O)[C@@H](N)Cc2cccc(C(=N)NS(=O)(=O)c3ccc4c(c3)[C@H](COC)N(C)CC4)c2)CC(C)=CCN1.O=C(O)O. The van der Waals surface area contributed by atoms with Crippen molar-refractivity contribution in [1.82, 2.24) is 14.9 Å². The third-order valence-electron chi connectivity index (χ3n) is 8.06. The van der Waals surface area contributed by atoms with Crippen molar-refractivity contribution in [2.45, 2.75) is 55.6 Å². The third kappa shape index (κ3) is 9.23. The Morgan fingerprint density at radius 1 is 1.21 bits per heavy atom. The van der Waals surface area contributed by atoms with Gasteiger partial charge in [-0.3, -0.25) is 25.1 Å². The Morgan fingerprint density at radius 2 is 1.91 bits per heavy atom. The van der Waals surface area contributed by atoms with E-state index in [2.05, 4.69) is 14.9 Å². The molecule has 0 amide bonds. The second kappa shape index (κ2) is 16.1. The van der Waals surface area contributed by atoms with E-state index in [-0.39, 0.29) is 36.2 Å². The first kappa shape index (κ1) is 37.3. The molecule has 7 N–H and O–H groups in total. The molecule has 0 aromatic heterocycles. The van der Waals surface area contributed by atoms with Crippen molar-refractivity contribution in [1.29, 1.82) is 5.41 Å². The smallest absolute Gasteiger partial charge is 0.464 e. The van der Waals surface area contributed by atoms with Gasteiger partial charge in [-0.25, -0.2) is 18.0 Å². The monoisotopic (exact) mass is 673 g/mol. The third-order valence-corrected chi connectivity index (χ3v) is 9.41. The van der Waals surface area contributed by atoms with Crippen LogP contribution in [0.2, 0.25) is 0 Å². The van der Waals surface area contributed by atoms with Crippen molar-refractivity contribution in [2.24, 2.45) is 5.73 Å². The van der Waals surface area contributed by atoms with Gasteiger partial charge in [0.15, 0.2) is 11.3 Å². The van der Waals surface area contributed by atoms with Crippen LogP contribution in [-0.4, -0.2) is 99.3 Å². The van der Waals surface area contributed by atoms with Crippen LogP contribution < -0.4 is 15.8 Å². The summed E-state index contributed by atoms with van der Waals surface area (Å²) >= 11 is 0. The molecule has 0 saturated heterocycles. The summed E-state index contributed by atoms with van der Waals surface area (Å²) in [6, 6.07) is 10.5. The summed E-state index contributed by atoms with van der Waals surface area (Å²) in [6.07, 6.45) is 1.13. The summed E-state index contributed by atoms with van der Waals surface area (Å²) in [4.78, 5) is 37.2. The predicted octanol–water partition coefficient (Wildman–Crippen LogP) is 2.07. The average Bonchev–Trinajstić information content (AvgIpc) is 3.01. The standard InChI is InChI=1S/C31H41N5O6S.CH2O3/c1-5-42-30(38)31(18-20(2)11-13-34-31)28(37)26(32)16-21-7-6-8-23(15-21)29(33)35-43(39,40)24-10-9-22-12-14-36(3)27(19-41-4)25(22)17-24;2-1(3)4/h6-11,15,17,26-27,34H,5,12-14,16,18-19,32H2,1-4H3,(H2,33,35);(H2,2,3,4)/t26-,27-,31+;/m0./s1. The minimum absolute atomic E-state index is 0.0600. The van der Waals surface area contributed by atoms with Crippen molar-refractivity contribution in [3.05, 3.63) is 76.4 Å². The molecule has 2 aromatic rings. The summed E-state index contributed by atoms with van der Waals surface area (Å²) in [7, 11) is -0.469. The number of fused-ring (bicyclic) bond motifs is 1. The van der Waals surface area contributed by atoms with Crippen LogP contribution in [0.15, 0.2) is 59.0 Å². The number of methoxy groups -OCH3 is 1. The Morgan fingerprint density at radius 3 is 2.55 bits per heavy atom. The van der Waals surface area contributed by atoms with Crippen LogP contribution in [0.4, 0.5) is 4.79 Å². The normalized spacial score (nSPS) is 20.0. The molecule has 3 atom stereocenters. The number of esters is 1. The van der Waals surface area contributed by atoms with Gasteiger partial charge in [-0.05, 0) is 68.6 Å². The number of nitrogens with one attached hydrogen (secondary N) is 3. The fourth-order valence-corrected chi connectivity index (χ4v) is 6.77. The molecular weight excluding hydrogens is 630 g/mol. The number of rotatable bonds is 11. The maximum Gasteiger partial charge on any atom is 0.503 e. The zero-order valence-electron chi connectivity index (χ0n) is 26.9. The van der Waals surface area contributed by atoms with E-state index in [1.54, 1.807) is 50.4 Å². The average molecular weight is 674 g/mol. The van der Waals surface area contributed by atoms with Gasteiger partial charge in [0.25, 0.3) is 10.0 Å². The largest absolute Gasteiger partial charge is 0.503 e. The van der Waals surface area contributed by atoms with E-state index >= 15 is 0 Å². The molecule has 0 aliphatic carbocycles. The first-order valence-corrected chi connectivity index (χ1v) is 16.5. The maximum absolute atomic E-state index is 13.6. The van der Waals surface area contributed by atoms with Crippen molar-refractivity contribution in [2.75, 3.05) is 40.5 Å². The molecule has 2 aliphatic rings. The fourth-order valence-electron chi connectivity index (χ4n) is 5.74. The summed E-state index contributed by atoms with van der Waals surface area (Å²) in [5.41, 5.74) is 8.56. The van der Waals surface area contributed by atoms with Crippen LogP contribution in [0.5, 0.6) is 0 Å². The summed E-state index contributed by atoms with van der Waals surface area (Å²) in [5.74, 6) is -1.46. The highest BCUT2D eigenvalue weighted by Crippen LogP contribution is 2.31. The van der Waals surface area contributed by atoms with Crippen LogP contribution in [0.25, 0.3) is 0 Å². The van der Waals surface area contributed by atoms with E-state index in [1.165, 1.54) is 0 Å². The van der Waals surface area contributed by atoms with Gasteiger partial charge in [0.1, 0.15) is 5.84 Å². The Balaban J connectivity index is 0.00000142. The van der Waals surface area contributed by atoms with Gasteiger partial charge in [0.05, 0.1) is 30.2 Å². The number of carboxylic acid groups (broad SMARTS) is 2. The zero-order chi connectivity index (χ0) is 34.9. The van der Waals surface area contributed by atoms with E-state index in [0.29, 0.717) is 24.3 Å². The number of hydrogen-bond donors (Lipinski definition) is 6. The molecule has 2 aliphatic heterocycles. The van der Waals surface area contributed by atoms with Crippen LogP contribution in [0.1, 0.15) is 48.6 Å². The van der Waals surface area contributed by atoms with Crippen LogP contribution in [0.3, 0.4) is 0 Å². The van der Waals surface area contributed by atoms with Crippen molar-refractivity contribution in [3.63, 3.8) is 0 Å². The van der Waals surface area contributed by atoms with Gasteiger partial charge >= 0.3 is 12.1 Å². The first-order valence-electron chi connectivity index (χ1n) is 15.0. The highest BCUT2D eigenvalue weighted by Gasteiger charge is 2.49. The highest BCUT2D eigenvalue weighted by atomic mass is 32.2. The number of carbonyl (C=O) groups excluding carboxylic acids is 2. The number of nitrogens with two attached hydrogens (primary N) is 1. The van der Waals surface area contributed by atoms with Gasteiger partial charge in [-0.2, -0.15) is 0 Å². The van der Waals surface area contributed by atoms with Gasteiger partial charge < -0.3 is 25.4 Å². The summed E-state index contributed by atoms with van der Waals surface area (Å²) < 4.78 is 39.7. The fraction of sp³-hybridized carbons (Fsp3) is 0.438. The van der Waals surface area contributed by atoms with Crippen molar-refractivity contribution in [3.8, 4) is 0 Å². The van der Waals surface area contributed by atoms with Gasteiger partial charge in [-0.1, -0.05) is 35.9 Å². The van der Waals surface area contributed by atoms with E-state index in [9.17, 15) is 18.0 Å². The minimum Gasteiger partial charge on any atom is -0.464 e. The van der Waals surface area contributed by atoms with Crippen molar-refractivity contribution < 1.29 is 42.5 Å². The summed E-state index contributed by atoms with van der Waals surface area (Å²) in [5, 5.41) is 25.5. The van der Waals surface area contributed by atoms with Gasteiger partial charge in [0, 0.05) is 32.2 Å². The molecular formula is C32H43N5O9S.